The Kier molecular flexibility index (Phi) is 6.62. The molecule has 5 heteroatoms. The summed E-state index contributed by atoms with van der Waals surface area (Å²) in [7, 11) is 1.61. The Hall–Kier alpha value is -1.62. The topological polar surface area (TPSA) is 51.2 Å². The van der Waals surface area contributed by atoms with Crippen LogP contribution in [0.1, 0.15) is 38.1 Å². The van der Waals surface area contributed by atoms with Crippen LogP contribution in [0, 0.1) is 0 Å². The van der Waals surface area contributed by atoms with Crippen LogP contribution in [0.15, 0.2) is 28.9 Å². The standard InChI is InChI=1S/C14H15BrN2O2.C2H6/c1-8(2)17-14(18)10-4-9-5-11(19-3)6-12(15)13(9)16-7-10;1-2/h4-8H,1-3H3,(H,17,18);1-2H3. The number of aromatic nitrogens is 1. The fraction of sp³-hybridized carbons (Fsp3) is 0.375. The Labute approximate surface area is 134 Å². The highest BCUT2D eigenvalue weighted by atomic mass is 79.9. The van der Waals surface area contributed by atoms with E-state index in [0.717, 1.165) is 21.1 Å². The van der Waals surface area contributed by atoms with Crippen LogP contribution in [0.5, 0.6) is 5.75 Å². The number of fused-ring (bicyclic) bond motifs is 1. The molecule has 0 bridgehead atoms. The lowest BCUT2D eigenvalue weighted by Crippen LogP contribution is -2.30. The second-order valence-electron chi connectivity index (χ2n) is 4.53. The van der Waals surface area contributed by atoms with Gasteiger partial charge in [-0.3, -0.25) is 9.78 Å². The Balaban J connectivity index is 0.00000106. The van der Waals surface area contributed by atoms with Crippen molar-refractivity contribution < 1.29 is 9.53 Å². The summed E-state index contributed by atoms with van der Waals surface area (Å²) < 4.78 is 6.05. The van der Waals surface area contributed by atoms with Crippen molar-refractivity contribution in [3.05, 3.63) is 34.4 Å². The Morgan fingerprint density at radius 1 is 1.29 bits per heavy atom. The van der Waals surface area contributed by atoms with Gasteiger partial charge in [0.25, 0.3) is 5.91 Å². The number of hydrogen-bond acceptors (Lipinski definition) is 3. The summed E-state index contributed by atoms with van der Waals surface area (Å²) in [6, 6.07) is 5.62. The predicted molar refractivity (Wildman–Crippen MR) is 89.9 cm³/mol. The average Bonchev–Trinajstić information content (AvgIpc) is 2.47. The zero-order chi connectivity index (χ0) is 16.0. The van der Waals surface area contributed by atoms with E-state index in [1.807, 2.05) is 45.9 Å². The molecule has 0 saturated heterocycles. The molecule has 0 radical (unpaired) electrons. The van der Waals surface area contributed by atoms with Crippen LogP contribution in [0.3, 0.4) is 0 Å². The minimum Gasteiger partial charge on any atom is -0.497 e. The monoisotopic (exact) mass is 352 g/mol. The fourth-order valence-electron chi connectivity index (χ4n) is 1.77. The number of benzene rings is 1. The number of methoxy groups -OCH3 is 1. The minimum atomic E-state index is -0.122. The normalized spacial score (nSPS) is 10.0. The molecule has 0 atom stereocenters. The third-order valence-corrected chi connectivity index (χ3v) is 3.23. The first-order valence-electron chi connectivity index (χ1n) is 6.95. The molecule has 1 aromatic carbocycles. The number of halogens is 1. The van der Waals surface area contributed by atoms with Crippen molar-refractivity contribution >= 4 is 32.7 Å². The van der Waals surface area contributed by atoms with Crippen LogP contribution in [0.4, 0.5) is 0 Å². The number of hydrogen-bond donors (Lipinski definition) is 1. The summed E-state index contributed by atoms with van der Waals surface area (Å²) in [4.78, 5) is 16.3. The van der Waals surface area contributed by atoms with Gasteiger partial charge in [0, 0.05) is 22.1 Å². The summed E-state index contributed by atoms with van der Waals surface area (Å²) in [5, 5.41) is 3.71. The quantitative estimate of drug-likeness (QED) is 0.901. The molecular weight excluding hydrogens is 332 g/mol. The second-order valence-corrected chi connectivity index (χ2v) is 5.39. The van der Waals surface area contributed by atoms with E-state index >= 15 is 0 Å². The maximum atomic E-state index is 11.9. The van der Waals surface area contributed by atoms with Gasteiger partial charge in [0.15, 0.2) is 0 Å². The highest BCUT2D eigenvalue weighted by molar-refractivity contribution is 9.10. The van der Waals surface area contributed by atoms with E-state index in [0.29, 0.717) is 5.56 Å². The molecule has 0 fully saturated rings. The van der Waals surface area contributed by atoms with Gasteiger partial charge >= 0.3 is 0 Å². The molecule has 1 N–H and O–H groups in total. The molecule has 0 aliphatic rings. The Morgan fingerprint density at radius 2 is 1.95 bits per heavy atom. The van der Waals surface area contributed by atoms with E-state index in [2.05, 4.69) is 26.2 Å². The SMILES string of the molecule is CC.COc1cc(Br)c2ncc(C(=O)NC(C)C)cc2c1. The fourth-order valence-corrected chi connectivity index (χ4v) is 2.32. The summed E-state index contributed by atoms with van der Waals surface area (Å²) in [6.07, 6.45) is 1.58. The van der Waals surface area contributed by atoms with Gasteiger partial charge in [-0.15, -0.1) is 0 Å². The molecule has 0 unspecified atom stereocenters. The third kappa shape index (κ3) is 4.43. The van der Waals surface area contributed by atoms with Crippen LogP contribution >= 0.6 is 15.9 Å². The summed E-state index contributed by atoms with van der Waals surface area (Å²) in [5.74, 6) is 0.603. The van der Waals surface area contributed by atoms with Crippen LogP contribution in [0.25, 0.3) is 10.9 Å². The first-order valence-corrected chi connectivity index (χ1v) is 7.74. The van der Waals surface area contributed by atoms with E-state index in [9.17, 15) is 4.79 Å². The summed E-state index contributed by atoms with van der Waals surface area (Å²) >= 11 is 3.45. The maximum Gasteiger partial charge on any atom is 0.253 e. The predicted octanol–water partition coefficient (Wildman–Crippen LogP) is 4.17. The number of ether oxygens (including phenoxy) is 1. The van der Waals surface area contributed by atoms with Crippen molar-refractivity contribution in [2.75, 3.05) is 7.11 Å². The van der Waals surface area contributed by atoms with Gasteiger partial charge < -0.3 is 10.1 Å². The number of carbonyl (C=O) groups is 1. The van der Waals surface area contributed by atoms with Gasteiger partial charge in [-0.1, -0.05) is 13.8 Å². The minimum absolute atomic E-state index is 0.0974. The van der Waals surface area contributed by atoms with Gasteiger partial charge in [0.05, 0.1) is 18.2 Å². The Morgan fingerprint density at radius 3 is 2.52 bits per heavy atom. The summed E-state index contributed by atoms with van der Waals surface area (Å²) in [5.41, 5.74) is 1.35. The molecule has 0 aliphatic heterocycles. The molecular formula is C16H21BrN2O2. The van der Waals surface area contributed by atoms with Crippen molar-refractivity contribution in [2.45, 2.75) is 33.7 Å². The summed E-state index contributed by atoms with van der Waals surface area (Å²) in [6.45, 7) is 7.85. The number of nitrogens with zero attached hydrogens (tertiary/aromatic N) is 1. The van der Waals surface area contributed by atoms with E-state index in [1.54, 1.807) is 13.3 Å². The number of carbonyl (C=O) groups excluding carboxylic acids is 1. The van der Waals surface area contributed by atoms with Crippen LogP contribution in [0.2, 0.25) is 0 Å². The van der Waals surface area contributed by atoms with Gasteiger partial charge in [-0.25, -0.2) is 0 Å². The van der Waals surface area contributed by atoms with E-state index < -0.39 is 0 Å². The number of pyridine rings is 1. The first-order chi connectivity index (χ1) is 10.0. The average molecular weight is 353 g/mol. The van der Waals surface area contributed by atoms with Crippen molar-refractivity contribution in [3.8, 4) is 5.75 Å². The number of amides is 1. The van der Waals surface area contributed by atoms with Crippen LogP contribution < -0.4 is 10.1 Å². The van der Waals surface area contributed by atoms with Crippen molar-refractivity contribution in [1.82, 2.24) is 10.3 Å². The molecule has 2 aromatic rings. The van der Waals surface area contributed by atoms with Crippen LogP contribution in [-0.2, 0) is 0 Å². The molecule has 0 spiro atoms. The molecule has 1 aromatic heterocycles. The van der Waals surface area contributed by atoms with Crippen molar-refractivity contribution in [3.63, 3.8) is 0 Å². The molecule has 21 heavy (non-hydrogen) atoms. The van der Waals surface area contributed by atoms with E-state index in [4.69, 9.17) is 4.74 Å². The lowest BCUT2D eigenvalue weighted by molar-refractivity contribution is 0.0943. The zero-order valence-electron chi connectivity index (χ0n) is 13.0. The molecule has 1 amide bonds. The number of nitrogens with one attached hydrogen (secondary N) is 1. The second kappa shape index (κ2) is 7.98. The molecule has 0 aliphatic carbocycles. The molecule has 4 nitrogen and oxygen atoms in total. The molecule has 114 valence electrons. The largest absolute Gasteiger partial charge is 0.497 e. The van der Waals surface area contributed by atoms with Gasteiger partial charge in [0.2, 0.25) is 0 Å². The third-order valence-electron chi connectivity index (χ3n) is 2.63. The van der Waals surface area contributed by atoms with Crippen LogP contribution in [-0.4, -0.2) is 24.0 Å². The molecule has 1 heterocycles. The smallest absolute Gasteiger partial charge is 0.253 e. The van der Waals surface area contributed by atoms with Crippen molar-refractivity contribution in [2.24, 2.45) is 0 Å². The maximum absolute atomic E-state index is 11.9. The van der Waals surface area contributed by atoms with Crippen molar-refractivity contribution in [1.29, 1.82) is 0 Å². The zero-order valence-corrected chi connectivity index (χ0v) is 14.6. The highest BCUT2D eigenvalue weighted by Gasteiger charge is 2.10. The van der Waals surface area contributed by atoms with E-state index in [1.165, 1.54) is 0 Å². The first kappa shape index (κ1) is 17.4. The highest BCUT2D eigenvalue weighted by Crippen LogP contribution is 2.28. The van der Waals surface area contributed by atoms with Gasteiger partial charge in [-0.2, -0.15) is 0 Å². The lowest BCUT2D eigenvalue weighted by Gasteiger charge is -2.09. The lowest BCUT2D eigenvalue weighted by atomic mass is 10.1. The molecule has 0 saturated carbocycles. The van der Waals surface area contributed by atoms with E-state index in [-0.39, 0.29) is 11.9 Å². The van der Waals surface area contributed by atoms with Gasteiger partial charge in [-0.05, 0) is 48.0 Å². The number of rotatable bonds is 3. The van der Waals surface area contributed by atoms with Gasteiger partial charge in [0.1, 0.15) is 5.75 Å². The Bertz CT molecular complexity index is 627. The molecule has 2 rings (SSSR count).